The summed E-state index contributed by atoms with van der Waals surface area (Å²) >= 11 is 0. The summed E-state index contributed by atoms with van der Waals surface area (Å²) in [5, 5.41) is 9.32. The molecule has 0 spiro atoms. The molecule has 21 heavy (non-hydrogen) atoms. The van der Waals surface area contributed by atoms with Gasteiger partial charge in [0.2, 0.25) is 0 Å². The van der Waals surface area contributed by atoms with Gasteiger partial charge in [-0.15, -0.1) is 0 Å². The molecule has 1 amide bonds. The van der Waals surface area contributed by atoms with E-state index in [9.17, 15) is 9.90 Å². The Bertz CT molecular complexity index is 487. The van der Waals surface area contributed by atoms with Gasteiger partial charge in [0.15, 0.2) is 0 Å². The Morgan fingerprint density at radius 2 is 2.14 bits per heavy atom. The number of aliphatic hydroxyl groups is 1. The fraction of sp³-hybridized carbons (Fsp3) is 0.533. The van der Waals surface area contributed by atoms with E-state index in [0.29, 0.717) is 12.1 Å². The fourth-order valence-electron chi connectivity index (χ4n) is 2.74. The highest BCUT2D eigenvalue weighted by atomic mass is 16.5. The summed E-state index contributed by atoms with van der Waals surface area (Å²) in [5.74, 6) is 4.81. The zero-order valence-electron chi connectivity index (χ0n) is 12.5. The van der Waals surface area contributed by atoms with Crippen molar-refractivity contribution in [3.63, 3.8) is 0 Å². The van der Waals surface area contributed by atoms with Crippen LogP contribution in [0.5, 0.6) is 0 Å². The lowest BCUT2D eigenvalue weighted by Crippen LogP contribution is -2.53. The van der Waals surface area contributed by atoms with Gasteiger partial charge in [0.05, 0.1) is 18.3 Å². The smallest absolute Gasteiger partial charge is 0.265 e. The van der Waals surface area contributed by atoms with E-state index in [1.165, 1.54) is 0 Å². The highest BCUT2D eigenvalue weighted by Crippen LogP contribution is 2.22. The molecule has 1 atom stereocenters. The van der Waals surface area contributed by atoms with Crippen LogP contribution in [0.25, 0.3) is 0 Å². The van der Waals surface area contributed by atoms with Crippen molar-refractivity contribution in [2.24, 2.45) is 5.84 Å². The van der Waals surface area contributed by atoms with Gasteiger partial charge >= 0.3 is 0 Å². The number of aliphatic hydroxyl groups excluding tert-OH is 1. The Kier molecular flexibility index (Phi) is 4.95. The molecule has 6 nitrogen and oxygen atoms in total. The summed E-state index contributed by atoms with van der Waals surface area (Å²) < 4.78 is 5.80. The lowest BCUT2D eigenvalue weighted by molar-refractivity contribution is -0.150. The zero-order valence-corrected chi connectivity index (χ0v) is 12.5. The van der Waals surface area contributed by atoms with Crippen LogP contribution in [0.4, 0.5) is 0 Å². The van der Waals surface area contributed by atoms with E-state index in [1.54, 1.807) is 12.1 Å². The summed E-state index contributed by atoms with van der Waals surface area (Å²) in [6.45, 7) is 6.33. The number of nitrogens with one attached hydrogen (secondary N) is 1. The van der Waals surface area contributed by atoms with E-state index in [0.717, 1.165) is 18.7 Å². The molecule has 0 saturated carbocycles. The molecular weight excluding hydrogens is 270 g/mol. The first-order valence-electron chi connectivity index (χ1n) is 7.04. The van der Waals surface area contributed by atoms with E-state index in [2.05, 4.69) is 10.3 Å². The number of hydrazine groups is 1. The average Bonchev–Trinajstić information content (AvgIpc) is 2.45. The van der Waals surface area contributed by atoms with E-state index >= 15 is 0 Å². The van der Waals surface area contributed by atoms with Crippen LogP contribution in [0.3, 0.4) is 0 Å². The van der Waals surface area contributed by atoms with Crippen molar-refractivity contribution < 1.29 is 14.6 Å². The molecule has 1 unspecified atom stereocenters. The molecule has 1 aliphatic rings. The number of hydrogen-bond donors (Lipinski definition) is 3. The Labute approximate surface area is 124 Å². The molecule has 2 rings (SSSR count). The molecule has 1 heterocycles. The lowest BCUT2D eigenvalue weighted by atomic mass is 10.0. The Hall–Kier alpha value is -1.47. The highest BCUT2D eigenvalue weighted by molar-refractivity contribution is 5.93. The predicted molar refractivity (Wildman–Crippen MR) is 79.4 cm³/mol. The van der Waals surface area contributed by atoms with Crippen molar-refractivity contribution in [3.8, 4) is 0 Å². The van der Waals surface area contributed by atoms with Crippen LogP contribution in [-0.4, -0.2) is 47.3 Å². The van der Waals surface area contributed by atoms with Gasteiger partial charge < -0.3 is 9.84 Å². The summed E-state index contributed by atoms with van der Waals surface area (Å²) in [4.78, 5) is 13.6. The van der Waals surface area contributed by atoms with E-state index in [4.69, 9.17) is 10.6 Å². The van der Waals surface area contributed by atoms with Crippen molar-refractivity contribution in [2.45, 2.75) is 32.1 Å². The number of morpholine rings is 1. The summed E-state index contributed by atoms with van der Waals surface area (Å²) in [6, 6.07) is 7.35. The molecule has 6 heteroatoms. The maximum Gasteiger partial charge on any atom is 0.265 e. The molecule has 1 aliphatic heterocycles. The third-order valence-electron chi connectivity index (χ3n) is 3.51. The topological polar surface area (TPSA) is 87.8 Å². The van der Waals surface area contributed by atoms with Crippen molar-refractivity contribution in [1.29, 1.82) is 0 Å². The number of nitrogens with zero attached hydrogens (tertiary/aromatic N) is 1. The van der Waals surface area contributed by atoms with Gasteiger partial charge in [-0.3, -0.25) is 15.1 Å². The number of carbonyl (C=O) groups is 1. The number of rotatable bonds is 4. The SMILES string of the molecule is CC1(C)CN(Cc2ccc(C(=O)NN)cc2)CC(CO)O1. The largest absolute Gasteiger partial charge is 0.394 e. The molecule has 0 aliphatic carbocycles. The number of hydrogen-bond acceptors (Lipinski definition) is 5. The maximum absolute atomic E-state index is 11.4. The Morgan fingerprint density at radius 3 is 2.71 bits per heavy atom. The van der Waals surface area contributed by atoms with Crippen LogP contribution in [0.15, 0.2) is 24.3 Å². The van der Waals surface area contributed by atoms with Gasteiger partial charge in [0.25, 0.3) is 5.91 Å². The minimum absolute atomic E-state index is 0.0234. The molecule has 1 saturated heterocycles. The van der Waals surface area contributed by atoms with Gasteiger partial charge in [0.1, 0.15) is 0 Å². The van der Waals surface area contributed by atoms with Gasteiger partial charge in [-0.2, -0.15) is 0 Å². The van der Waals surface area contributed by atoms with Crippen molar-refractivity contribution in [1.82, 2.24) is 10.3 Å². The molecule has 1 fully saturated rings. The minimum atomic E-state index is -0.297. The third-order valence-corrected chi connectivity index (χ3v) is 3.51. The summed E-state index contributed by atoms with van der Waals surface area (Å²) in [6.07, 6.45) is -0.156. The number of benzene rings is 1. The number of ether oxygens (including phenoxy) is 1. The third kappa shape index (κ3) is 4.25. The molecule has 1 aromatic rings. The van der Waals surface area contributed by atoms with Crippen LogP contribution >= 0.6 is 0 Å². The Morgan fingerprint density at radius 1 is 1.48 bits per heavy atom. The van der Waals surface area contributed by atoms with Crippen LogP contribution in [0.2, 0.25) is 0 Å². The second-order valence-corrected chi connectivity index (χ2v) is 6.02. The fourth-order valence-corrected chi connectivity index (χ4v) is 2.74. The zero-order chi connectivity index (χ0) is 15.5. The van der Waals surface area contributed by atoms with Gasteiger partial charge in [-0.25, -0.2) is 5.84 Å². The lowest BCUT2D eigenvalue weighted by Gasteiger charge is -2.42. The average molecular weight is 293 g/mol. The highest BCUT2D eigenvalue weighted by Gasteiger charge is 2.32. The quantitative estimate of drug-likeness (QED) is 0.421. The molecule has 116 valence electrons. The standard InChI is InChI=1S/C15H23N3O3/c1-15(2)10-18(8-13(9-19)21-15)7-11-3-5-12(6-4-11)14(20)17-16/h3-6,13,19H,7-10,16H2,1-2H3,(H,17,20). The minimum Gasteiger partial charge on any atom is -0.394 e. The molecule has 4 N–H and O–H groups in total. The normalized spacial score (nSPS) is 22.0. The van der Waals surface area contributed by atoms with Crippen molar-refractivity contribution >= 4 is 5.91 Å². The molecule has 0 aromatic heterocycles. The van der Waals surface area contributed by atoms with Gasteiger partial charge in [-0.1, -0.05) is 12.1 Å². The summed E-state index contributed by atoms with van der Waals surface area (Å²) in [5.41, 5.74) is 3.49. The first-order valence-corrected chi connectivity index (χ1v) is 7.04. The molecular formula is C15H23N3O3. The summed E-state index contributed by atoms with van der Waals surface area (Å²) in [7, 11) is 0. The van der Waals surface area contributed by atoms with Gasteiger partial charge in [0, 0.05) is 25.2 Å². The number of amides is 1. The van der Waals surface area contributed by atoms with Crippen LogP contribution < -0.4 is 11.3 Å². The van der Waals surface area contributed by atoms with E-state index < -0.39 is 0 Å². The maximum atomic E-state index is 11.4. The first kappa shape index (κ1) is 15.9. The molecule has 0 radical (unpaired) electrons. The van der Waals surface area contributed by atoms with Crippen molar-refractivity contribution in [2.75, 3.05) is 19.7 Å². The number of nitrogens with two attached hydrogens (primary N) is 1. The van der Waals surface area contributed by atoms with Crippen LogP contribution in [0, 0.1) is 0 Å². The van der Waals surface area contributed by atoms with Gasteiger partial charge in [-0.05, 0) is 31.5 Å². The monoisotopic (exact) mass is 293 g/mol. The predicted octanol–water partition coefficient (Wildman–Crippen LogP) is 0.262. The first-order chi connectivity index (χ1) is 9.93. The second kappa shape index (κ2) is 6.53. The number of carbonyl (C=O) groups excluding carboxylic acids is 1. The van der Waals surface area contributed by atoms with E-state index in [1.807, 2.05) is 26.0 Å². The number of nitrogen functional groups attached to an aromatic ring is 1. The van der Waals surface area contributed by atoms with Crippen LogP contribution in [-0.2, 0) is 11.3 Å². The second-order valence-electron chi connectivity index (χ2n) is 6.02. The van der Waals surface area contributed by atoms with Crippen LogP contribution in [0.1, 0.15) is 29.8 Å². The Balaban J connectivity index is 2.02. The van der Waals surface area contributed by atoms with E-state index in [-0.39, 0.29) is 24.2 Å². The molecule has 0 bridgehead atoms. The van der Waals surface area contributed by atoms with Crippen molar-refractivity contribution in [3.05, 3.63) is 35.4 Å². The molecule has 1 aromatic carbocycles.